The van der Waals surface area contributed by atoms with E-state index in [9.17, 15) is 4.79 Å². The summed E-state index contributed by atoms with van der Waals surface area (Å²) in [5.41, 5.74) is 6.37. The second-order valence-corrected chi connectivity index (χ2v) is 4.41. The Balaban J connectivity index is 2.08. The molecule has 17 heavy (non-hydrogen) atoms. The Hall–Kier alpha value is -1.89. The summed E-state index contributed by atoms with van der Waals surface area (Å²) in [7, 11) is 0. The van der Waals surface area contributed by atoms with Crippen LogP contribution in [0.4, 0.5) is 5.95 Å². The van der Waals surface area contributed by atoms with Crippen LogP contribution in [0.1, 0.15) is 12.1 Å². The van der Waals surface area contributed by atoms with Crippen LogP contribution in [0.5, 0.6) is 0 Å². The highest BCUT2D eigenvalue weighted by Crippen LogP contribution is 2.15. The van der Waals surface area contributed by atoms with Crippen molar-refractivity contribution in [2.45, 2.75) is 19.4 Å². The zero-order valence-corrected chi connectivity index (χ0v) is 9.55. The van der Waals surface area contributed by atoms with E-state index in [0.29, 0.717) is 17.4 Å². The van der Waals surface area contributed by atoms with Gasteiger partial charge in [0.1, 0.15) is 0 Å². The lowest BCUT2D eigenvalue weighted by Crippen LogP contribution is -2.27. The number of fused-ring (bicyclic) bond motifs is 1. The van der Waals surface area contributed by atoms with Gasteiger partial charge in [-0.3, -0.25) is 9.89 Å². The molecule has 1 aliphatic rings. The minimum Gasteiger partial charge on any atom is -0.340 e. The predicted octanol–water partition coefficient (Wildman–Crippen LogP) is -0.737. The van der Waals surface area contributed by atoms with E-state index in [2.05, 4.69) is 15.1 Å². The molecule has 1 fully saturated rings. The molecule has 0 aromatic carbocycles. The van der Waals surface area contributed by atoms with Gasteiger partial charge in [-0.05, 0) is 13.3 Å². The fraction of sp³-hybridized carbons (Fsp3) is 0.500. The summed E-state index contributed by atoms with van der Waals surface area (Å²) in [6, 6.07) is 1.65. The third-order valence-corrected chi connectivity index (χ3v) is 2.97. The molecule has 0 radical (unpaired) electrons. The third-order valence-electron chi connectivity index (χ3n) is 2.97. The summed E-state index contributed by atoms with van der Waals surface area (Å²) >= 11 is 0. The summed E-state index contributed by atoms with van der Waals surface area (Å²) in [5.74, 6) is 1.07. The maximum atomic E-state index is 11.7. The smallest absolute Gasteiger partial charge is 0.274 e. The van der Waals surface area contributed by atoms with Gasteiger partial charge in [0.2, 0.25) is 5.95 Å². The first-order valence-corrected chi connectivity index (χ1v) is 5.60. The number of hydrogen-bond acceptors (Lipinski definition) is 5. The number of nitrogens with two attached hydrogens (primary N) is 1. The van der Waals surface area contributed by atoms with Crippen LogP contribution in [-0.4, -0.2) is 38.7 Å². The number of hydrogen-bond donors (Lipinski definition) is 2. The van der Waals surface area contributed by atoms with E-state index in [1.54, 1.807) is 6.92 Å². The predicted molar refractivity (Wildman–Crippen MR) is 63.2 cm³/mol. The van der Waals surface area contributed by atoms with Gasteiger partial charge >= 0.3 is 0 Å². The molecule has 1 saturated heterocycles. The van der Waals surface area contributed by atoms with Crippen molar-refractivity contribution in [2.24, 2.45) is 5.73 Å². The lowest BCUT2D eigenvalue weighted by Gasteiger charge is -2.12. The second kappa shape index (κ2) is 3.56. The Morgan fingerprint density at radius 2 is 2.35 bits per heavy atom. The van der Waals surface area contributed by atoms with Gasteiger partial charge in [0, 0.05) is 30.9 Å². The van der Waals surface area contributed by atoms with Gasteiger partial charge in [0.25, 0.3) is 11.3 Å². The van der Waals surface area contributed by atoms with E-state index in [1.165, 1.54) is 10.6 Å². The Labute approximate surface area is 97.3 Å². The molecule has 3 rings (SSSR count). The van der Waals surface area contributed by atoms with Crippen LogP contribution in [0.15, 0.2) is 10.9 Å². The second-order valence-electron chi connectivity index (χ2n) is 4.41. The third kappa shape index (κ3) is 1.68. The van der Waals surface area contributed by atoms with Crippen molar-refractivity contribution in [3.05, 3.63) is 22.1 Å². The van der Waals surface area contributed by atoms with Gasteiger partial charge in [-0.1, -0.05) is 0 Å². The van der Waals surface area contributed by atoms with Crippen molar-refractivity contribution >= 4 is 11.7 Å². The fourth-order valence-electron chi connectivity index (χ4n) is 2.10. The van der Waals surface area contributed by atoms with Gasteiger partial charge in [-0.25, -0.2) is 4.98 Å². The number of nitrogens with zero attached hydrogens (tertiary/aromatic N) is 4. The van der Waals surface area contributed by atoms with Crippen LogP contribution in [-0.2, 0) is 0 Å². The number of aryl methyl sites for hydroxylation is 1. The molecule has 7 heteroatoms. The van der Waals surface area contributed by atoms with Gasteiger partial charge in [-0.2, -0.15) is 9.50 Å². The number of rotatable bonds is 1. The monoisotopic (exact) mass is 234 g/mol. The zero-order valence-electron chi connectivity index (χ0n) is 9.55. The lowest BCUT2D eigenvalue weighted by atomic mass is 10.3. The molecular formula is C10H14N6O. The van der Waals surface area contributed by atoms with Crippen molar-refractivity contribution in [3.63, 3.8) is 0 Å². The van der Waals surface area contributed by atoms with Gasteiger partial charge < -0.3 is 10.6 Å². The van der Waals surface area contributed by atoms with E-state index in [1.807, 2.05) is 4.90 Å². The van der Waals surface area contributed by atoms with Crippen molar-refractivity contribution in [2.75, 3.05) is 18.0 Å². The highest BCUT2D eigenvalue weighted by molar-refractivity contribution is 5.40. The number of nitrogens with one attached hydrogen (secondary N) is 1. The molecule has 0 saturated carbocycles. The Morgan fingerprint density at radius 1 is 1.53 bits per heavy atom. The molecule has 1 unspecified atom stereocenters. The molecule has 2 aromatic heterocycles. The Kier molecular flexibility index (Phi) is 2.15. The molecule has 0 bridgehead atoms. The van der Waals surface area contributed by atoms with Gasteiger partial charge in [-0.15, -0.1) is 0 Å². The number of H-pyrrole nitrogens is 1. The maximum absolute atomic E-state index is 11.7. The first-order chi connectivity index (χ1) is 8.13. The quantitative estimate of drug-likeness (QED) is 0.678. The number of aromatic nitrogens is 4. The molecule has 0 spiro atoms. The van der Waals surface area contributed by atoms with E-state index in [0.717, 1.165) is 19.5 Å². The average Bonchev–Trinajstić information content (AvgIpc) is 2.83. The molecule has 0 aliphatic carbocycles. The van der Waals surface area contributed by atoms with Crippen molar-refractivity contribution in [1.82, 2.24) is 19.6 Å². The average molecular weight is 234 g/mol. The van der Waals surface area contributed by atoms with Gasteiger partial charge in [0.15, 0.2) is 0 Å². The van der Waals surface area contributed by atoms with Crippen LogP contribution < -0.4 is 16.2 Å². The summed E-state index contributed by atoms with van der Waals surface area (Å²) in [4.78, 5) is 22.3. The van der Waals surface area contributed by atoms with Gasteiger partial charge in [0.05, 0.1) is 0 Å². The first-order valence-electron chi connectivity index (χ1n) is 5.60. The zero-order chi connectivity index (χ0) is 12.0. The van der Waals surface area contributed by atoms with E-state index >= 15 is 0 Å². The molecule has 3 N–H and O–H groups in total. The van der Waals surface area contributed by atoms with E-state index < -0.39 is 0 Å². The van der Waals surface area contributed by atoms with E-state index in [-0.39, 0.29) is 11.6 Å². The fourth-order valence-corrected chi connectivity index (χ4v) is 2.10. The lowest BCUT2D eigenvalue weighted by molar-refractivity contribution is 0.749. The number of aromatic amines is 1. The summed E-state index contributed by atoms with van der Waals surface area (Å²) in [6.07, 6.45) is 0.943. The van der Waals surface area contributed by atoms with Crippen LogP contribution in [0.25, 0.3) is 5.78 Å². The summed E-state index contributed by atoms with van der Waals surface area (Å²) < 4.78 is 1.35. The highest BCUT2D eigenvalue weighted by atomic mass is 16.1. The molecule has 0 amide bonds. The minimum absolute atomic E-state index is 0.144. The maximum Gasteiger partial charge on any atom is 0.274 e. The van der Waals surface area contributed by atoms with Crippen molar-refractivity contribution in [1.29, 1.82) is 0 Å². The van der Waals surface area contributed by atoms with Crippen molar-refractivity contribution < 1.29 is 0 Å². The first kappa shape index (κ1) is 10.3. The largest absolute Gasteiger partial charge is 0.340 e. The summed E-state index contributed by atoms with van der Waals surface area (Å²) in [5, 5.41) is 2.95. The minimum atomic E-state index is -0.144. The molecular weight excluding hydrogens is 220 g/mol. The van der Waals surface area contributed by atoms with Crippen LogP contribution in [0.3, 0.4) is 0 Å². The Morgan fingerprint density at radius 3 is 3.06 bits per heavy atom. The molecule has 7 nitrogen and oxygen atoms in total. The van der Waals surface area contributed by atoms with Crippen LogP contribution >= 0.6 is 0 Å². The standard InChI is InChI=1S/C10H14N6O/c1-6-4-8(17)16-9(12-6)13-10(14-16)15-3-2-7(11)5-15/h4,7H,2-3,5,11H2,1H3,(H,12,13,14). The number of anilines is 1. The summed E-state index contributed by atoms with van der Waals surface area (Å²) in [6.45, 7) is 3.39. The normalized spacial score (nSPS) is 20.4. The van der Waals surface area contributed by atoms with Crippen LogP contribution in [0, 0.1) is 6.92 Å². The SMILES string of the molecule is Cc1cc(=O)n2[nH]c(N3CCC(N)C3)nc2n1. The molecule has 1 aliphatic heterocycles. The topological polar surface area (TPSA) is 92.3 Å². The molecule has 90 valence electrons. The molecule has 1 atom stereocenters. The molecule has 2 aromatic rings. The van der Waals surface area contributed by atoms with E-state index in [4.69, 9.17) is 5.73 Å². The van der Waals surface area contributed by atoms with Crippen molar-refractivity contribution in [3.8, 4) is 0 Å². The molecule has 3 heterocycles. The highest BCUT2D eigenvalue weighted by Gasteiger charge is 2.22. The Bertz CT molecular complexity index is 615. The van der Waals surface area contributed by atoms with Crippen LogP contribution in [0.2, 0.25) is 0 Å².